The number of hydrogen-bond donors (Lipinski definition) is 0. The minimum Gasteiger partial charge on any atom is -0.469 e. The molecule has 1 aromatic carbocycles. The van der Waals surface area contributed by atoms with E-state index in [9.17, 15) is 4.79 Å². The van der Waals surface area contributed by atoms with Gasteiger partial charge in [0.2, 0.25) is 0 Å². The van der Waals surface area contributed by atoms with E-state index in [-0.39, 0.29) is 5.97 Å². The van der Waals surface area contributed by atoms with Crippen LogP contribution in [0.2, 0.25) is 0 Å². The summed E-state index contributed by atoms with van der Waals surface area (Å²) in [6.07, 6.45) is 1.61. The molecule has 1 fully saturated rings. The molecule has 110 valence electrons. The van der Waals surface area contributed by atoms with E-state index in [0.29, 0.717) is 6.42 Å². The summed E-state index contributed by atoms with van der Waals surface area (Å²) in [5.74, 6) is -0.114. The van der Waals surface area contributed by atoms with E-state index in [4.69, 9.17) is 0 Å². The summed E-state index contributed by atoms with van der Waals surface area (Å²) in [6.45, 7) is 6.22. The number of hydrogen-bond acceptors (Lipinski definition) is 4. The Labute approximate surface area is 121 Å². The van der Waals surface area contributed by atoms with Crippen LogP contribution in [0.3, 0.4) is 0 Å². The first-order valence-corrected chi connectivity index (χ1v) is 7.33. The molecule has 0 atom stereocenters. The zero-order valence-corrected chi connectivity index (χ0v) is 12.3. The Bertz CT molecular complexity index is 400. The maximum atomic E-state index is 11.1. The van der Waals surface area contributed by atoms with Gasteiger partial charge in [-0.25, -0.2) is 0 Å². The molecule has 2 rings (SSSR count). The molecule has 0 radical (unpaired) electrons. The Morgan fingerprint density at radius 3 is 2.25 bits per heavy atom. The van der Waals surface area contributed by atoms with Gasteiger partial charge < -0.3 is 14.5 Å². The average Bonchev–Trinajstić information content (AvgIpc) is 2.52. The lowest BCUT2D eigenvalue weighted by Gasteiger charge is -2.34. The van der Waals surface area contributed by atoms with E-state index < -0.39 is 0 Å². The van der Waals surface area contributed by atoms with Crippen molar-refractivity contribution in [2.45, 2.75) is 12.8 Å². The van der Waals surface area contributed by atoms with E-state index in [1.54, 1.807) is 0 Å². The Balaban J connectivity index is 1.63. The predicted molar refractivity (Wildman–Crippen MR) is 79.7 cm³/mol. The van der Waals surface area contributed by atoms with E-state index in [2.05, 4.69) is 44.9 Å². The molecule has 1 heterocycles. The molecule has 4 heteroatoms. The van der Waals surface area contributed by atoms with Gasteiger partial charge in [-0.2, -0.15) is 0 Å². The third-order valence-electron chi connectivity index (χ3n) is 3.88. The van der Waals surface area contributed by atoms with Gasteiger partial charge in [0.15, 0.2) is 0 Å². The molecule has 1 aliphatic rings. The summed E-state index contributed by atoms with van der Waals surface area (Å²) in [4.78, 5) is 16.0. The molecule has 0 amide bonds. The zero-order chi connectivity index (χ0) is 14.2. The van der Waals surface area contributed by atoms with Crippen molar-refractivity contribution < 1.29 is 9.53 Å². The quantitative estimate of drug-likeness (QED) is 0.736. The highest BCUT2D eigenvalue weighted by Crippen LogP contribution is 2.06. The number of esters is 1. The van der Waals surface area contributed by atoms with Crippen molar-refractivity contribution in [3.05, 3.63) is 35.9 Å². The lowest BCUT2D eigenvalue weighted by Crippen LogP contribution is -2.47. The summed E-state index contributed by atoms with van der Waals surface area (Å²) in [6, 6.07) is 10.6. The molecule has 1 saturated heterocycles. The number of carbonyl (C=O) groups is 1. The second kappa shape index (κ2) is 8.02. The van der Waals surface area contributed by atoms with Crippen molar-refractivity contribution in [3.8, 4) is 0 Å². The van der Waals surface area contributed by atoms with Crippen molar-refractivity contribution >= 4 is 5.97 Å². The molecule has 0 spiro atoms. The fourth-order valence-electron chi connectivity index (χ4n) is 2.52. The highest BCUT2D eigenvalue weighted by atomic mass is 16.5. The summed E-state index contributed by atoms with van der Waals surface area (Å²) in [5.41, 5.74) is 1.40. The van der Waals surface area contributed by atoms with Gasteiger partial charge in [-0.1, -0.05) is 30.3 Å². The van der Waals surface area contributed by atoms with Crippen LogP contribution in [0.25, 0.3) is 0 Å². The van der Waals surface area contributed by atoms with Gasteiger partial charge in [0, 0.05) is 39.3 Å². The maximum Gasteiger partial charge on any atom is 0.306 e. The van der Waals surface area contributed by atoms with Gasteiger partial charge in [0.05, 0.1) is 13.5 Å². The van der Waals surface area contributed by atoms with Crippen LogP contribution in [0, 0.1) is 0 Å². The van der Waals surface area contributed by atoms with Gasteiger partial charge in [-0.15, -0.1) is 0 Å². The third-order valence-corrected chi connectivity index (χ3v) is 3.88. The first-order chi connectivity index (χ1) is 9.78. The molecule has 4 nitrogen and oxygen atoms in total. The van der Waals surface area contributed by atoms with E-state index in [1.165, 1.54) is 12.7 Å². The monoisotopic (exact) mass is 276 g/mol. The number of methoxy groups -OCH3 is 1. The van der Waals surface area contributed by atoms with Gasteiger partial charge in [0.1, 0.15) is 0 Å². The first kappa shape index (κ1) is 15.0. The SMILES string of the molecule is COC(=O)CCN1CCN(CCc2ccccc2)CC1. The molecule has 0 aliphatic carbocycles. The van der Waals surface area contributed by atoms with Crippen molar-refractivity contribution in [2.24, 2.45) is 0 Å². The molecule has 1 aromatic rings. The molecular formula is C16H24N2O2. The van der Waals surface area contributed by atoms with Crippen molar-refractivity contribution in [1.29, 1.82) is 0 Å². The number of ether oxygens (including phenoxy) is 1. The predicted octanol–water partition coefficient (Wildman–Crippen LogP) is 1.41. The summed E-state index contributed by atoms with van der Waals surface area (Å²) < 4.78 is 4.67. The minimum atomic E-state index is -0.114. The van der Waals surface area contributed by atoms with Gasteiger partial charge in [-0.05, 0) is 12.0 Å². The first-order valence-electron chi connectivity index (χ1n) is 7.33. The van der Waals surface area contributed by atoms with Crippen molar-refractivity contribution in [2.75, 3.05) is 46.4 Å². The second-order valence-corrected chi connectivity index (χ2v) is 5.25. The smallest absolute Gasteiger partial charge is 0.306 e. The normalized spacial score (nSPS) is 17.1. The highest BCUT2D eigenvalue weighted by molar-refractivity contribution is 5.69. The molecule has 0 N–H and O–H groups in total. The van der Waals surface area contributed by atoms with Crippen LogP contribution in [0.4, 0.5) is 0 Å². The zero-order valence-electron chi connectivity index (χ0n) is 12.3. The summed E-state index contributed by atoms with van der Waals surface area (Å²) in [7, 11) is 1.45. The molecule has 0 saturated carbocycles. The standard InChI is InChI=1S/C16H24N2O2/c1-20-16(19)8-10-18-13-11-17(12-14-18)9-7-15-5-3-2-4-6-15/h2-6H,7-14H2,1H3. The van der Waals surface area contributed by atoms with Crippen LogP contribution in [0.5, 0.6) is 0 Å². The number of piperazine rings is 1. The lowest BCUT2D eigenvalue weighted by atomic mass is 10.1. The lowest BCUT2D eigenvalue weighted by molar-refractivity contribution is -0.141. The molecule has 0 bridgehead atoms. The van der Waals surface area contributed by atoms with Gasteiger partial charge in [-0.3, -0.25) is 4.79 Å². The maximum absolute atomic E-state index is 11.1. The molecule has 1 aliphatic heterocycles. The van der Waals surface area contributed by atoms with Crippen LogP contribution in [0.15, 0.2) is 30.3 Å². The summed E-state index contributed by atoms with van der Waals surface area (Å²) >= 11 is 0. The molecule has 0 aromatic heterocycles. The summed E-state index contributed by atoms with van der Waals surface area (Å²) in [5, 5.41) is 0. The minimum absolute atomic E-state index is 0.114. The Morgan fingerprint density at radius 1 is 1.05 bits per heavy atom. The van der Waals surface area contributed by atoms with Gasteiger partial charge >= 0.3 is 5.97 Å². The Kier molecular flexibility index (Phi) is 6.02. The van der Waals surface area contributed by atoms with E-state index in [1.807, 2.05) is 0 Å². The number of benzene rings is 1. The second-order valence-electron chi connectivity index (χ2n) is 5.25. The van der Waals surface area contributed by atoms with E-state index in [0.717, 1.165) is 45.7 Å². The molecule has 20 heavy (non-hydrogen) atoms. The van der Waals surface area contributed by atoms with Gasteiger partial charge in [0.25, 0.3) is 0 Å². The Morgan fingerprint density at radius 2 is 1.65 bits per heavy atom. The topological polar surface area (TPSA) is 32.8 Å². The molecule has 0 unspecified atom stereocenters. The van der Waals surface area contributed by atoms with E-state index >= 15 is 0 Å². The van der Waals surface area contributed by atoms with Crippen molar-refractivity contribution in [3.63, 3.8) is 0 Å². The number of rotatable bonds is 6. The van der Waals surface area contributed by atoms with Crippen LogP contribution in [-0.2, 0) is 16.0 Å². The average molecular weight is 276 g/mol. The largest absolute Gasteiger partial charge is 0.469 e. The molecular weight excluding hydrogens is 252 g/mol. The fourth-order valence-corrected chi connectivity index (χ4v) is 2.52. The van der Waals surface area contributed by atoms with Crippen LogP contribution in [-0.4, -0.2) is 62.1 Å². The fraction of sp³-hybridized carbons (Fsp3) is 0.562. The van der Waals surface area contributed by atoms with Crippen LogP contribution in [0.1, 0.15) is 12.0 Å². The van der Waals surface area contributed by atoms with Crippen molar-refractivity contribution in [1.82, 2.24) is 9.80 Å². The third kappa shape index (κ3) is 4.94. The number of nitrogens with zero attached hydrogens (tertiary/aromatic N) is 2. The van der Waals surface area contributed by atoms with Crippen LogP contribution < -0.4 is 0 Å². The highest BCUT2D eigenvalue weighted by Gasteiger charge is 2.17. The number of carbonyl (C=O) groups excluding carboxylic acids is 1. The Hall–Kier alpha value is -1.39. The van der Waals surface area contributed by atoms with Crippen LogP contribution >= 0.6 is 0 Å².